The molecule has 0 aliphatic carbocycles. The van der Waals surface area contributed by atoms with Gasteiger partial charge in [-0.25, -0.2) is 0 Å². The number of carbonyl (C=O) groups excluding carboxylic acids is 1. The molecule has 0 fully saturated rings. The minimum absolute atomic E-state index is 0.0101. The van der Waals surface area contributed by atoms with Crippen LogP contribution in [0.15, 0.2) is 18.2 Å². The van der Waals surface area contributed by atoms with E-state index < -0.39 is 0 Å². The molecule has 21 heavy (non-hydrogen) atoms. The number of nitrogens with zero attached hydrogens (tertiary/aromatic N) is 1. The molecule has 0 heterocycles. The Morgan fingerprint density at radius 1 is 1.43 bits per heavy atom. The van der Waals surface area contributed by atoms with Crippen molar-refractivity contribution < 1.29 is 9.53 Å². The second kappa shape index (κ2) is 8.46. The molecule has 4 nitrogen and oxygen atoms in total. The summed E-state index contributed by atoms with van der Waals surface area (Å²) >= 11 is 0. The Morgan fingerprint density at radius 3 is 2.71 bits per heavy atom. The van der Waals surface area contributed by atoms with Gasteiger partial charge in [0.15, 0.2) is 0 Å². The van der Waals surface area contributed by atoms with E-state index in [-0.39, 0.29) is 11.9 Å². The second-order valence-corrected chi connectivity index (χ2v) is 5.12. The van der Waals surface area contributed by atoms with Gasteiger partial charge in [-0.2, -0.15) is 0 Å². The van der Waals surface area contributed by atoms with E-state index in [1.165, 1.54) is 0 Å². The highest BCUT2D eigenvalue weighted by atomic mass is 16.5. The second-order valence-electron chi connectivity index (χ2n) is 5.12. The zero-order valence-electron chi connectivity index (χ0n) is 13.3. The van der Waals surface area contributed by atoms with E-state index in [0.29, 0.717) is 25.3 Å². The van der Waals surface area contributed by atoms with E-state index >= 15 is 0 Å². The highest BCUT2D eigenvalue weighted by molar-refractivity contribution is 5.96. The molecule has 2 N–H and O–H groups in total. The molecule has 1 aromatic rings. The van der Waals surface area contributed by atoms with Gasteiger partial charge in [0.25, 0.3) is 5.91 Å². The quantitative estimate of drug-likeness (QED) is 0.841. The Bertz CT molecular complexity index is 541. The van der Waals surface area contributed by atoms with Crippen LogP contribution in [0.25, 0.3) is 0 Å². The first-order chi connectivity index (χ1) is 10.0. The Kier molecular flexibility index (Phi) is 6.93. The predicted octanol–water partition coefficient (Wildman–Crippen LogP) is 1.80. The molecule has 0 saturated carbocycles. The van der Waals surface area contributed by atoms with Crippen molar-refractivity contribution in [2.45, 2.75) is 26.8 Å². The van der Waals surface area contributed by atoms with Gasteiger partial charge in [0.05, 0.1) is 13.2 Å². The van der Waals surface area contributed by atoms with Crippen LogP contribution in [0, 0.1) is 18.8 Å². The van der Waals surface area contributed by atoms with Gasteiger partial charge in [0.2, 0.25) is 0 Å². The topological polar surface area (TPSA) is 55.6 Å². The molecule has 4 heteroatoms. The van der Waals surface area contributed by atoms with Crippen molar-refractivity contribution >= 4 is 5.91 Å². The number of benzene rings is 1. The zero-order valence-corrected chi connectivity index (χ0v) is 13.3. The number of hydrogen-bond acceptors (Lipinski definition) is 3. The number of amides is 1. The van der Waals surface area contributed by atoms with Gasteiger partial charge in [-0.1, -0.05) is 17.9 Å². The molecule has 0 unspecified atom stereocenters. The maximum atomic E-state index is 12.7. The van der Waals surface area contributed by atoms with Crippen molar-refractivity contribution in [2.75, 3.05) is 26.8 Å². The number of aryl methyl sites for hydroxylation is 1. The molecule has 1 aromatic carbocycles. The molecule has 0 bridgehead atoms. The monoisotopic (exact) mass is 288 g/mol. The number of ether oxygens (including phenoxy) is 1. The summed E-state index contributed by atoms with van der Waals surface area (Å²) in [5.74, 6) is 5.79. The highest BCUT2D eigenvalue weighted by Crippen LogP contribution is 2.15. The van der Waals surface area contributed by atoms with E-state index in [1.807, 2.05) is 43.9 Å². The Balaban J connectivity index is 3.08. The van der Waals surface area contributed by atoms with Crippen molar-refractivity contribution in [2.24, 2.45) is 5.73 Å². The smallest absolute Gasteiger partial charge is 0.254 e. The number of carbonyl (C=O) groups is 1. The Hall–Kier alpha value is -1.83. The Labute approximate surface area is 127 Å². The third-order valence-corrected chi connectivity index (χ3v) is 3.22. The van der Waals surface area contributed by atoms with Crippen LogP contribution in [0.1, 0.15) is 35.3 Å². The summed E-state index contributed by atoms with van der Waals surface area (Å²) in [5, 5.41) is 0. The van der Waals surface area contributed by atoms with Gasteiger partial charge in [0, 0.05) is 30.8 Å². The van der Waals surface area contributed by atoms with Crippen LogP contribution in [0.2, 0.25) is 0 Å². The minimum atomic E-state index is 0.0101. The summed E-state index contributed by atoms with van der Waals surface area (Å²) in [4.78, 5) is 14.5. The van der Waals surface area contributed by atoms with Crippen molar-refractivity contribution in [3.8, 4) is 11.8 Å². The SMILES string of the molecule is COCCN(C(=O)c1cc(C#CCN)ccc1C)C(C)C. The van der Waals surface area contributed by atoms with Gasteiger partial charge in [-0.05, 0) is 38.5 Å². The molecule has 0 atom stereocenters. The standard InChI is InChI=1S/C17H24N2O2/c1-13(2)19(10-11-21-4)17(20)16-12-15(6-5-9-18)8-7-14(16)3/h7-8,12-13H,9-11,18H2,1-4H3. The molecule has 1 rings (SSSR count). The van der Waals surface area contributed by atoms with Crippen LogP contribution in [-0.4, -0.2) is 43.7 Å². The van der Waals surface area contributed by atoms with Crippen molar-refractivity contribution in [3.63, 3.8) is 0 Å². The van der Waals surface area contributed by atoms with Crippen molar-refractivity contribution in [1.29, 1.82) is 0 Å². The molecule has 1 amide bonds. The maximum Gasteiger partial charge on any atom is 0.254 e. The summed E-state index contributed by atoms with van der Waals surface area (Å²) in [6.45, 7) is 7.34. The summed E-state index contributed by atoms with van der Waals surface area (Å²) in [6, 6.07) is 5.78. The van der Waals surface area contributed by atoms with E-state index in [0.717, 1.165) is 11.1 Å². The normalized spacial score (nSPS) is 10.2. The highest BCUT2D eigenvalue weighted by Gasteiger charge is 2.20. The summed E-state index contributed by atoms with van der Waals surface area (Å²) in [6.07, 6.45) is 0. The molecule has 0 aliphatic heterocycles. The van der Waals surface area contributed by atoms with Crippen LogP contribution >= 0.6 is 0 Å². The number of rotatable bonds is 5. The first kappa shape index (κ1) is 17.2. The van der Waals surface area contributed by atoms with E-state index in [2.05, 4.69) is 11.8 Å². The molecule has 0 saturated heterocycles. The molecule has 0 radical (unpaired) electrons. The molecular formula is C17H24N2O2. The molecule has 114 valence electrons. The fraction of sp³-hybridized carbons (Fsp3) is 0.471. The summed E-state index contributed by atoms with van der Waals surface area (Å²) in [7, 11) is 1.64. The molecule has 0 aromatic heterocycles. The molecule has 0 spiro atoms. The van der Waals surface area contributed by atoms with E-state index in [1.54, 1.807) is 7.11 Å². The lowest BCUT2D eigenvalue weighted by Gasteiger charge is -2.27. The van der Waals surface area contributed by atoms with Crippen LogP contribution in [0.3, 0.4) is 0 Å². The largest absolute Gasteiger partial charge is 0.383 e. The molecular weight excluding hydrogens is 264 g/mol. The number of nitrogens with two attached hydrogens (primary N) is 1. The predicted molar refractivity (Wildman–Crippen MR) is 85.2 cm³/mol. The lowest BCUT2D eigenvalue weighted by Crippen LogP contribution is -2.39. The maximum absolute atomic E-state index is 12.7. The third kappa shape index (κ3) is 4.89. The van der Waals surface area contributed by atoms with E-state index in [9.17, 15) is 4.79 Å². The average molecular weight is 288 g/mol. The summed E-state index contributed by atoms with van der Waals surface area (Å²) in [5.41, 5.74) is 7.82. The van der Waals surface area contributed by atoms with Gasteiger partial charge in [-0.3, -0.25) is 4.79 Å². The first-order valence-electron chi connectivity index (χ1n) is 7.10. The lowest BCUT2D eigenvalue weighted by atomic mass is 10.0. The van der Waals surface area contributed by atoms with Crippen LogP contribution in [0.4, 0.5) is 0 Å². The van der Waals surface area contributed by atoms with Crippen molar-refractivity contribution in [3.05, 3.63) is 34.9 Å². The van der Waals surface area contributed by atoms with Gasteiger partial charge in [0.1, 0.15) is 0 Å². The van der Waals surface area contributed by atoms with Crippen molar-refractivity contribution in [1.82, 2.24) is 4.90 Å². The summed E-state index contributed by atoms with van der Waals surface area (Å²) < 4.78 is 5.09. The van der Waals surface area contributed by atoms with Gasteiger partial charge < -0.3 is 15.4 Å². The van der Waals surface area contributed by atoms with Crippen LogP contribution in [-0.2, 0) is 4.74 Å². The minimum Gasteiger partial charge on any atom is -0.383 e. The van der Waals surface area contributed by atoms with E-state index in [4.69, 9.17) is 10.5 Å². The lowest BCUT2D eigenvalue weighted by molar-refractivity contribution is 0.0634. The number of hydrogen-bond donors (Lipinski definition) is 1. The fourth-order valence-corrected chi connectivity index (χ4v) is 2.02. The number of methoxy groups -OCH3 is 1. The van der Waals surface area contributed by atoms with Gasteiger partial charge >= 0.3 is 0 Å². The first-order valence-corrected chi connectivity index (χ1v) is 7.10. The molecule has 0 aliphatic rings. The van der Waals surface area contributed by atoms with Gasteiger partial charge in [-0.15, -0.1) is 0 Å². The average Bonchev–Trinajstić information content (AvgIpc) is 2.46. The van der Waals surface area contributed by atoms with Crippen LogP contribution in [0.5, 0.6) is 0 Å². The Morgan fingerprint density at radius 2 is 2.14 bits per heavy atom. The fourth-order valence-electron chi connectivity index (χ4n) is 2.02. The zero-order chi connectivity index (χ0) is 15.8. The third-order valence-electron chi connectivity index (χ3n) is 3.22. The van der Waals surface area contributed by atoms with Crippen LogP contribution < -0.4 is 5.73 Å².